The Kier molecular flexibility index (Phi) is 7.60. The number of hydrogen-bond acceptors (Lipinski definition) is 3. The minimum absolute atomic E-state index is 0.00947. The number of fused-ring (bicyclic) bond motifs is 1. The topological polar surface area (TPSA) is 49.9 Å². The summed E-state index contributed by atoms with van der Waals surface area (Å²) in [5.74, 6) is 0.708. The van der Waals surface area contributed by atoms with Gasteiger partial charge < -0.3 is 14.5 Å². The van der Waals surface area contributed by atoms with E-state index in [2.05, 4.69) is 46.8 Å². The maximum absolute atomic E-state index is 13.0. The van der Waals surface area contributed by atoms with Crippen LogP contribution in [0.4, 0.5) is 5.69 Å². The van der Waals surface area contributed by atoms with Crippen molar-refractivity contribution in [3.63, 3.8) is 0 Å². The van der Waals surface area contributed by atoms with Crippen LogP contribution in [0.25, 0.3) is 0 Å². The van der Waals surface area contributed by atoms with Crippen molar-refractivity contribution in [3.05, 3.63) is 59.2 Å². The lowest BCUT2D eigenvalue weighted by Crippen LogP contribution is -2.38. The van der Waals surface area contributed by atoms with Gasteiger partial charge in [-0.05, 0) is 60.1 Å². The lowest BCUT2D eigenvalue weighted by atomic mass is 9.82. The number of anilines is 1. The molecule has 2 amide bonds. The summed E-state index contributed by atoms with van der Waals surface area (Å²) in [5.41, 5.74) is 3.60. The van der Waals surface area contributed by atoms with Gasteiger partial charge >= 0.3 is 0 Å². The molecule has 0 aromatic heterocycles. The van der Waals surface area contributed by atoms with Gasteiger partial charge in [0.1, 0.15) is 5.75 Å². The van der Waals surface area contributed by atoms with Crippen LogP contribution in [0.15, 0.2) is 42.5 Å². The third kappa shape index (κ3) is 5.14. The highest BCUT2D eigenvalue weighted by Gasteiger charge is 2.28. The Hall–Kier alpha value is -2.82. The van der Waals surface area contributed by atoms with E-state index >= 15 is 0 Å². The summed E-state index contributed by atoms with van der Waals surface area (Å²) >= 11 is 0. The third-order valence-electron chi connectivity index (χ3n) is 6.36. The van der Waals surface area contributed by atoms with Gasteiger partial charge in [0, 0.05) is 18.7 Å². The average Bonchev–Trinajstić information content (AvgIpc) is 2.80. The third-order valence-corrected chi connectivity index (χ3v) is 6.36. The number of ether oxygens (including phenoxy) is 1. The first-order valence-electron chi connectivity index (χ1n) is 11.8. The van der Waals surface area contributed by atoms with E-state index in [0.29, 0.717) is 12.1 Å². The summed E-state index contributed by atoms with van der Waals surface area (Å²) in [6.07, 6.45) is 2.86. The van der Waals surface area contributed by atoms with Gasteiger partial charge in [0.15, 0.2) is 6.61 Å². The van der Waals surface area contributed by atoms with E-state index in [1.54, 1.807) is 4.90 Å². The molecule has 0 fully saturated rings. The Balaban J connectivity index is 1.90. The van der Waals surface area contributed by atoms with Crippen LogP contribution >= 0.6 is 0 Å². The van der Waals surface area contributed by atoms with Crippen LogP contribution in [-0.2, 0) is 16.8 Å². The van der Waals surface area contributed by atoms with Crippen molar-refractivity contribution >= 4 is 17.5 Å². The number of amides is 2. The van der Waals surface area contributed by atoms with Crippen LogP contribution in [0.1, 0.15) is 75.4 Å². The van der Waals surface area contributed by atoms with Crippen LogP contribution in [0.3, 0.4) is 0 Å². The molecule has 0 saturated heterocycles. The van der Waals surface area contributed by atoms with Gasteiger partial charge in [0.2, 0.25) is 0 Å². The summed E-state index contributed by atoms with van der Waals surface area (Å²) in [5, 5.41) is 0. The fourth-order valence-corrected chi connectivity index (χ4v) is 4.02. The van der Waals surface area contributed by atoms with Crippen LogP contribution in [0.5, 0.6) is 5.75 Å². The van der Waals surface area contributed by atoms with Crippen molar-refractivity contribution < 1.29 is 14.3 Å². The van der Waals surface area contributed by atoms with Gasteiger partial charge in [-0.2, -0.15) is 0 Å². The molecule has 0 N–H and O–H groups in total. The molecule has 0 aliphatic carbocycles. The van der Waals surface area contributed by atoms with Crippen LogP contribution in [0, 0.1) is 0 Å². The highest BCUT2D eigenvalue weighted by Crippen LogP contribution is 2.38. The smallest absolute Gasteiger partial charge is 0.265 e. The first kappa shape index (κ1) is 23.8. The van der Waals surface area contributed by atoms with Crippen molar-refractivity contribution in [1.82, 2.24) is 4.90 Å². The van der Waals surface area contributed by atoms with E-state index in [1.807, 2.05) is 35.2 Å². The van der Waals surface area contributed by atoms with Crippen LogP contribution in [0.2, 0.25) is 0 Å². The van der Waals surface area contributed by atoms with E-state index in [-0.39, 0.29) is 23.8 Å². The Morgan fingerprint density at radius 3 is 2.44 bits per heavy atom. The van der Waals surface area contributed by atoms with Crippen molar-refractivity contribution in [2.24, 2.45) is 0 Å². The van der Waals surface area contributed by atoms with E-state index in [4.69, 9.17) is 4.74 Å². The van der Waals surface area contributed by atoms with E-state index in [9.17, 15) is 9.59 Å². The summed E-state index contributed by atoms with van der Waals surface area (Å²) in [7, 11) is 0. The molecule has 2 aromatic rings. The molecule has 1 aliphatic heterocycles. The molecular formula is C27H36N2O3. The van der Waals surface area contributed by atoms with Gasteiger partial charge in [-0.25, -0.2) is 0 Å². The van der Waals surface area contributed by atoms with E-state index < -0.39 is 0 Å². The predicted octanol–water partition coefficient (Wildman–Crippen LogP) is 5.56. The van der Waals surface area contributed by atoms with Gasteiger partial charge in [-0.1, -0.05) is 52.8 Å². The summed E-state index contributed by atoms with van der Waals surface area (Å²) in [6, 6.07) is 13.8. The lowest BCUT2D eigenvalue weighted by Gasteiger charge is -2.32. The molecule has 1 aliphatic rings. The summed E-state index contributed by atoms with van der Waals surface area (Å²) in [4.78, 5) is 29.6. The van der Waals surface area contributed by atoms with E-state index in [0.717, 1.165) is 49.4 Å². The molecule has 0 spiro atoms. The molecule has 3 rings (SSSR count). The maximum Gasteiger partial charge on any atom is 0.265 e. The number of carbonyl (C=O) groups excluding carboxylic acids is 2. The zero-order valence-electron chi connectivity index (χ0n) is 20.1. The second-order valence-corrected chi connectivity index (χ2v) is 9.18. The highest BCUT2D eigenvalue weighted by atomic mass is 16.5. The Bertz CT molecular complexity index is 961. The quantitative estimate of drug-likeness (QED) is 0.517. The second kappa shape index (κ2) is 10.2. The molecule has 5 nitrogen and oxygen atoms in total. The SMILES string of the molecule is CCCN(CCC)C(=O)c1cccc(CN2C(=O)COc3ccc(C(C)(C)CC)cc32)c1. The van der Waals surface area contributed by atoms with Crippen molar-refractivity contribution in [1.29, 1.82) is 0 Å². The maximum atomic E-state index is 13.0. The van der Waals surface area contributed by atoms with Gasteiger partial charge in [0.25, 0.3) is 11.8 Å². The summed E-state index contributed by atoms with van der Waals surface area (Å²) in [6.45, 7) is 12.7. The van der Waals surface area contributed by atoms with Gasteiger partial charge in [0.05, 0.1) is 12.2 Å². The fourth-order valence-electron chi connectivity index (χ4n) is 4.02. The van der Waals surface area contributed by atoms with Crippen molar-refractivity contribution in [2.45, 2.75) is 65.8 Å². The standard InChI is InChI=1S/C27H36N2O3/c1-6-14-28(15-7-2)26(31)21-11-9-10-20(16-21)18-29-23-17-22(27(4,5)8-3)12-13-24(23)32-19-25(29)30/h9-13,16-17H,6-8,14-15,18-19H2,1-5H3. The first-order chi connectivity index (χ1) is 15.3. The predicted molar refractivity (Wildman–Crippen MR) is 129 cm³/mol. The van der Waals surface area contributed by atoms with E-state index in [1.165, 1.54) is 5.56 Å². The Morgan fingerprint density at radius 1 is 1.06 bits per heavy atom. The first-order valence-corrected chi connectivity index (χ1v) is 11.8. The molecule has 0 unspecified atom stereocenters. The number of benzene rings is 2. The number of hydrogen-bond donors (Lipinski definition) is 0. The minimum atomic E-state index is -0.0701. The molecule has 0 atom stereocenters. The average molecular weight is 437 g/mol. The van der Waals surface area contributed by atoms with Crippen molar-refractivity contribution in [2.75, 3.05) is 24.6 Å². The molecule has 1 heterocycles. The molecule has 172 valence electrons. The molecule has 2 aromatic carbocycles. The molecule has 5 heteroatoms. The number of nitrogens with zero attached hydrogens (tertiary/aromatic N) is 2. The van der Waals surface area contributed by atoms with Crippen LogP contribution in [-0.4, -0.2) is 36.4 Å². The van der Waals surface area contributed by atoms with Crippen LogP contribution < -0.4 is 9.64 Å². The molecule has 32 heavy (non-hydrogen) atoms. The molecule has 0 radical (unpaired) electrons. The number of rotatable bonds is 9. The summed E-state index contributed by atoms with van der Waals surface area (Å²) < 4.78 is 5.70. The highest BCUT2D eigenvalue weighted by molar-refractivity contribution is 5.98. The van der Waals surface area contributed by atoms with Crippen molar-refractivity contribution in [3.8, 4) is 5.75 Å². The second-order valence-electron chi connectivity index (χ2n) is 9.18. The molecule has 0 bridgehead atoms. The monoisotopic (exact) mass is 436 g/mol. The van der Waals surface area contributed by atoms with Gasteiger partial charge in [-0.3, -0.25) is 9.59 Å². The normalized spacial score (nSPS) is 13.5. The Labute approximate surface area is 192 Å². The zero-order chi connectivity index (χ0) is 23.3. The Morgan fingerprint density at radius 2 is 1.78 bits per heavy atom. The largest absolute Gasteiger partial charge is 0.482 e. The molecular weight excluding hydrogens is 400 g/mol. The zero-order valence-corrected chi connectivity index (χ0v) is 20.1. The fraction of sp³-hybridized carbons (Fsp3) is 0.481. The molecule has 0 saturated carbocycles. The minimum Gasteiger partial charge on any atom is -0.482 e. The van der Waals surface area contributed by atoms with Gasteiger partial charge in [-0.15, -0.1) is 0 Å². The number of carbonyl (C=O) groups is 2. The lowest BCUT2D eigenvalue weighted by molar-refractivity contribution is -0.121.